The zero-order valence-corrected chi connectivity index (χ0v) is 11.0. The van der Waals surface area contributed by atoms with Crippen molar-refractivity contribution in [3.8, 4) is 0 Å². The van der Waals surface area contributed by atoms with Crippen LogP contribution in [0.2, 0.25) is 0 Å². The smallest absolute Gasteiger partial charge is 0.0731 e. The minimum absolute atomic E-state index is 0.178. The van der Waals surface area contributed by atoms with Gasteiger partial charge in [-0.2, -0.15) is 0 Å². The van der Waals surface area contributed by atoms with Gasteiger partial charge in [0.1, 0.15) is 0 Å². The van der Waals surface area contributed by atoms with Crippen LogP contribution >= 0.6 is 0 Å². The molecule has 0 aromatic heterocycles. The van der Waals surface area contributed by atoms with E-state index < -0.39 is 0 Å². The van der Waals surface area contributed by atoms with E-state index in [1.807, 2.05) is 0 Å². The number of aliphatic hydroxyl groups is 1. The third-order valence-electron chi connectivity index (χ3n) is 4.41. The van der Waals surface area contributed by atoms with E-state index in [-0.39, 0.29) is 24.7 Å². The Morgan fingerprint density at radius 2 is 1.71 bits per heavy atom. The van der Waals surface area contributed by atoms with E-state index in [1.165, 1.54) is 25.9 Å². The second-order valence-corrected chi connectivity index (χ2v) is 5.27. The van der Waals surface area contributed by atoms with E-state index in [9.17, 15) is 5.11 Å². The lowest BCUT2D eigenvalue weighted by atomic mass is 9.81. The highest BCUT2D eigenvalue weighted by atomic mass is 16.5. The van der Waals surface area contributed by atoms with Gasteiger partial charge in [0, 0.05) is 32.8 Å². The van der Waals surface area contributed by atoms with Crippen molar-refractivity contribution in [2.75, 3.05) is 33.9 Å². The molecule has 0 radical (unpaired) electrons. The molecular formula is C13H25NO3. The molecule has 1 saturated heterocycles. The van der Waals surface area contributed by atoms with Crippen LogP contribution in [0.4, 0.5) is 0 Å². The van der Waals surface area contributed by atoms with Gasteiger partial charge in [0.15, 0.2) is 0 Å². The molecule has 2 rings (SSSR count). The van der Waals surface area contributed by atoms with Crippen molar-refractivity contribution < 1.29 is 14.6 Å². The molecule has 2 aliphatic rings. The molecule has 1 aliphatic heterocycles. The van der Waals surface area contributed by atoms with Crippen LogP contribution < -0.4 is 0 Å². The Morgan fingerprint density at radius 1 is 1.06 bits per heavy atom. The van der Waals surface area contributed by atoms with Gasteiger partial charge >= 0.3 is 0 Å². The summed E-state index contributed by atoms with van der Waals surface area (Å²) in [6.07, 6.45) is 4.92. The van der Waals surface area contributed by atoms with Gasteiger partial charge in [0.25, 0.3) is 0 Å². The summed E-state index contributed by atoms with van der Waals surface area (Å²) in [5.41, 5.74) is 0. The highest BCUT2D eigenvalue weighted by Gasteiger charge is 2.40. The molecule has 1 saturated carbocycles. The molecule has 2 fully saturated rings. The van der Waals surface area contributed by atoms with E-state index >= 15 is 0 Å². The molecule has 0 amide bonds. The minimum atomic E-state index is 0.178. The maximum atomic E-state index is 9.41. The summed E-state index contributed by atoms with van der Waals surface area (Å²) < 4.78 is 11.2. The molecule has 4 unspecified atom stereocenters. The van der Waals surface area contributed by atoms with Crippen LogP contribution in [0.15, 0.2) is 0 Å². The average Bonchev–Trinajstić information content (AvgIpc) is 2.90. The third-order valence-corrected chi connectivity index (χ3v) is 4.41. The fourth-order valence-electron chi connectivity index (χ4n) is 3.38. The van der Waals surface area contributed by atoms with E-state index in [1.54, 1.807) is 14.2 Å². The monoisotopic (exact) mass is 243 g/mol. The summed E-state index contributed by atoms with van der Waals surface area (Å²) >= 11 is 0. The van der Waals surface area contributed by atoms with Gasteiger partial charge in [-0.05, 0) is 38.8 Å². The molecule has 4 nitrogen and oxygen atoms in total. The molecule has 0 aromatic carbocycles. The molecule has 17 heavy (non-hydrogen) atoms. The highest BCUT2D eigenvalue weighted by molar-refractivity contribution is 4.93. The quantitative estimate of drug-likeness (QED) is 0.796. The molecule has 4 heteroatoms. The maximum Gasteiger partial charge on any atom is 0.0731 e. The summed E-state index contributed by atoms with van der Waals surface area (Å²) in [5, 5.41) is 9.41. The number of rotatable bonds is 4. The van der Waals surface area contributed by atoms with Crippen LogP contribution in [0.3, 0.4) is 0 Å². The minimum Gasteiger partial charge on any atom is -0.396 e. The van der Waals surface area contributed by atoms with E-state index in [2.05, 4.69) is 4.90 Å². The molecule has 100 valence electrons. The molecule has 0 bridgehead atoms. The van der Waals surface area contributed by atoms with Gasteiger partial charge < -0.3 is 14.6 Å². The van der Waals surface area contributed by atoms with Crippen molar-refractivity contribution in [1.29, 1.82) is 0 Å². The normalized spacial score (nSPS) is 39.7. The first kappa shape index (κ1) is 13.3. The first-order valence-corrected chi connectivity index (χ1v) is 6.70. The van der Waals surface area contributed by atoms with E-state index in [0.717, 1.165) is 12.8 Å². The van der Waals surface area contributed by atoms with Crippen LogP contribution in [0.1, 0.15) is 25.7 Å². The number of methoxy groups -OCH3 is 2. The first-order valence-electron chi connectivity index (χ1n) is 6.70. The van der Waals surface area contributed by atoms with Crippen molar-refractivity contribution in [3.63, 3.8) is 0 Å². The molecule has 1 N–H and O–H groups in total. The largest absolute Gasteiger partial charge is 0.396 e. The highest BCUT2D eigenvalue weighted by Crippen LogP contribution is 2.32. The predicted molar refractivity (Wildman–Crippen MR) is 66.0 cm³/mol. The fourth-order valence-corrected chi connectivity index (χ4v) is 3.38. The van der Waals surface area contributed by atoms with Crippen LogP contribution in [-0.2, 0) is 9.47 Å². The van der Waals surface area contributed by atoms with Gasteiger partial charge in [-0.25, -0.2) is 0 Å². The third kappa shape index (κ3) is 2.81. The lowest BCUT2D eigenvalue weighted by Crippen LogP contribution is -2.52. The molecular weight excluding hydrogens is 218 g/mol. The van der Waals surface area contributed by atoms with Crippen molar-refractivity contribution >= 4 is 0 Å². The maximum absolute atomic E-state index is 9.41. The summed E-state index contributed by atoms with van der Waals surface area (Å²) in [6, 6.07) is 0.468. The molecule has 0 spiro atoms. The second kappa shape index (κ2) is 6.14. The Balaban J connectivity index is 2.03. The summed E-state index contributed by atoms with van der Waals surface area (Å²) in [5.74, 6) is 0.226. The zero-order valence-electron chi connectivity index (χ0n) is 11.0. The standard InChI is InChI=1S/C13H25NO3/c1-16-12-8-11(14-5-3-4-6-14)13(17-2)7-10(12)9-15/h10-13,15H,3-9H2,1-2H3. The fraction of sp³-hybridized carbons (Fsp3) is 1.00. The number of nitrogens with zero attached hydrogens (tertiary/aromatic N) is 1. The Bertz CT molecular complexity index is 231. The van der Waals surface area contributed by atoms with E-state index in [4.69, 9.17) is 9.47 Å². The number of hydrogen-bond acceptors (Lipinski definition) is 4. The summed E-state index contributed by atoms with van der Waals surface area (Å²) in [4.78, 5) is 2.54. The van der Waals surface area contributed by atoms with Crippen molar-refractivity contribution in [2.24, 2.45) is 5.92 Å². The van der Waals surface area contributed by atoms with Gasteiger partial charge in [-0.3, -0.25) is 4.90 Å². The van der Waals surface area contributed by atoms with Crippen molar-refractivity contribution in [3.05, 3.63) is 0 Å². The number of likely N-dealkylation sites (tertiary alicyclic amines) is 1. The van der Waals surface area contributed by atoms with Gasteiger partial charge in [0.2, 0.25) is 0 Å². The average molecular weight is 243 g/mol. The Labute approximate surface area is 104 Å². The Kier molecular flexibility index (Phi) is 4.79. The van der Waals surface area contributed by atoms with Crippen LogP contribution in [-0.4, -0.2) is 62.2 Å². The lowest BCUT2D eigenvalue weighted by molar-refractivity contribution is -0.0901. The zero-order chi connectivity index (χ0) is 12.3. The number of ether oxygens (including phenoxy) is 2. The van der Waals surface area contributed by atoms with Crippen LogP contribution in [0, 0.1) is 5.92 Å². The SMILES string of the molecule is COC1CC(N2CCCC2)C(OC)CC1CO. The Morgan fingerprint density at radius 3 is 2.24 bits per heavy atom. The summed E-state index contributed by atoms with van der Waals surface area (Å²) in [7, 11) is 3.54. The van der Waals surface area contributed by atoms with Crippen molar-refractivity contribution in [2.45, 2.75) is 43.9 Å². The summed E-state index contributed by atoms with van der Waals surface area (Å²) in [6.45, 7) is 2.57. The van der Waals surface area contributed by atoms with Crippen LogP contribution in [0.25, 0.3) is 0 Å². The molecule has 4 atom stereocenters. The lowest BCUT2D eigenvalue weighted by Gasteiger charge is -2.43. The first-order chi connectivity index (χ1) is 8.30. The molecule has 1 aliphatic carbocycles. The van der Waals surface area contributed by atoms with Gasteiger partial charge in [-0.15, -0.1) is 0 Å². The topological polar surface area (TPSA) is 41.9 Å². The van der Waals surface area contributed by atoms with Crippen LogP contribution in [0.5, 0.6) is 0 Å². The molecule has 1 heterocycles. The van der Waals surface area contributed by atoms with Gasteiger partial charge in [0.05, 0.1) is 12.2 Å². The molecule has 0 aromatic rings. The Hall–Kier alpha value is -0.160. The van der Waals surface area contributed by atoms with Crippen molar-refractivity contribution in [1.82, 2.24) is 4.90 Å². The van der Waals surface area contributed by atoms with Gasteiger partial charge in [-0.1, -0.05) is 0 Å². The second-order valence-electron chi connectivity index (χ2n) is 5.27. The van der Waals surface area contributed by atoms with E-state index in [0.29, 0.717) is 6.04 Å². The number of aliphatic hydroxyl groups excluding tert-OH is 1. The predicted octanol–water partition coefficient (Wildman–Crippen LogP) is 0.883. The number of hydrogen-bond donors (Lipinski definition) is 1.